The van der Waals surface area contributed by atoms with Crippen molar-refractivity contribution in [2.24, 2.45) is 5.92 Å². The topological polar surface area (TPSA) is 80.6 Å². The Morgan fingerprint density at radius 1 is 0.919 bits per heavy atom. The first-order chi connectivity index (χ1) is 18.2. The van der Waals surface area contributed by atoms with Crippen LogP contribution in [0, 0.1) is 5.92 Å². The van der Waals surface area contributed by atoms with Crippen molar-refractivity contribution in [3.8, 4) is 5.82 Å². The second kappa shape index (κ2) is 10.8. The largest absolute Gasteiger partial charge is 0.381 e. The van der Waals surface area contributed by atoms with Crippen LogP contribution in [-0.2, 0) is 9.47 Å². The van der Waals surface area contributed by atoms with Crippen LogP contribution in [0.1, 0.15) is 31.5 Å². The van der Waals surface area contributed by atoms with Crippen molar-refractivity contribution in [3.05, 3.63) is 36.2 Å². The van der Waals surface area contributed by atoms with Crippen molar-refractivity contribution >= 4 is 22.8 Å². The predicted octanol–water partition coefficient (Wildman–Crippen LogP) is 3.50. The Bertz CT molecular complexity index is 1210. The van der Waals surface area contributed by atoms with Gasteiger partial charge < -0.3 is 19.7 Å². The molecule has 0 saturated carbocycles. The zero-order valence-electron chi connectivity index (χ0n) is 20.9. The summed E-state index contributed by atoms with van der Waals surface area (Å²) in [5.41, 5.74) is 1.11. The third-order valence-electron chi connectivity index (χ3n) is 7.62. The maximum atomic E-state index is 14.1. The molecule has 11 heteroatoms. The molecule has 5 heterocycles. The van der Waals surface area contributed by atoms with Gasteiger partial charge >= 0.3 is 0 Å². The molecular formula is C26H33F2N7O2. The third-order valence-corrected chi connectivity index (χ3v) is 7.62. The molecule has 2 aromatic heterocycles. The average Bonchev–Trinajstić information content (AvgIpc) is 3.58. The van der Waals surface area contributed by atoms with Crippen molar-refractivity contribution in [1.29, 1.82) is 0 Å². The maximum absolute atomic E-state index is 14.1. The number of aromatic nitrogens is 4. The van der Waals surface area contributed by atoms with Gasteiger partial charge in [0.2, 0.25) is 5.95 Å². The molecule has 9 nitrogen and oxygen atoms in total. The van der Waals surface area contributed by atoms with E-state index in [1.165, 1.54) is 4.57 Å². The molecule has 1 aromatic carbocycles. The monoisotopic (exact) mass is 513 g/mol. The van der Waals surface area contributed by atoms with E-state index >= 15 is 0 Å². The first-order valence-electron chi connectivity index (χ1n) is 13.2. The Labute approximate surface area is 214 Å². The Balaban J connectivity index is 1.28. The quantitative estimate of drug-likeness (QED) is 0.514. The number of anilines is 2. The maximum Gasteiger partial charge on any atom is 0.296 e. The number of fused-ring (bicyclic) bond motifs is 1. The predicted molar refractivity (Wildman–Crippen MR) is 137 cm³/mol. The first-order valence-corrected chi connectivity index (χ1v) is 13.2. The summed E-state index contributed by atoms with van der Waals surface area (Å²) in [7, 11) is 0. The van der Waals surface area contributed by atoms with Crippen LogP contribution in [0.5, 0.6) is 0 Å². The van der Waals surface area contributed by atoms with Crippen molar-refractivity contribution in [2.75, 3.05) is 69.4 Å². The molecule has 0 spiro atoms. The molecule has 3 saturated heterocycles. The number of ether oxygens (including phenoxy) is 2. The van der Waals surface area contributed by atoms with Crippen molar-refractivity contribution in [1.82, 2.24) is 24.4 Å². The number of halogens is 2. The lowest BCUT2D eigenvalue weighted by Crippen LogP contribution is -2.38. The summed E-state index contributed by atoms with van der Waals surface area (Å²) in [6, 6.07) is 9.54. The summed E-state index contributed by atoms with van der Waals surface area (Å²) in [6.45, 7) is 7.13. The molecule has 1 unspecified atom stereocenters. The van der Waals surface area contributed by atoms with Gasteiger partial charge in [-0.25, -0.2) is 13.8 Å². The Hall–Kier alpha value is -2.89. The minimum Gasteiger partial charge on any atom is -0.381 e. The number of hydrogen-bond acceptors (Lipinski definition) is 8. The van der Waals surface area contributed by atoms with Gasteiger partial charge in [-0.2, -0.15) is 9.97 Å². The highest BCUT2D eigenvalue weighted by Gasteiger charge is 2.29. The molecule has 3 fully saturated rings. The molecular weight excluding hydrogens is 480 g/mol. The number of rotatable bonds is 7. The van der Waals surface area contributed by atoms with E-state index in [2.05, 4.69) is 20.1 Å². The van der Waals surface area contributed by atoms with Crippen LogP contribution in [0.3, 0.4) is 0 Å². The third kappa shape index (κ3) is 5.25. The molecule has 37 heavy (non-hydrogen) atoms. The highest BCUT2D eigenvalue weighted by Crippen LogP contribution is 2.30. The van der Waals surface area contributed by atoms with E-state index in [0.717, 1.165) is 52.1 Å². The highest BCUT2D eigenvalue weighted by atomic mass is 19.3. The number of morpholine rings is 1. The molecule has 0 radical (unpaired) electrons. The normalized spacial score (nSPS) is 21.8. The van der Waals surface area contributed by atoms with Gasteiger partial charge in [-0.05, 0) is 43.9 Å². The molecule has 198 valence electrons. The van der Waals surface area contributed by atoms with E-state index in [1.807, 2.05) is 6.07 Å². The van der Waals surface area contributed by atoms with E-state index in [1.54, 1.807) is 24.3 Å². The van der Waals surface area contributed by atoms with Crippen LogP contribution < -0.4 is 10.2 Å². The molecule has 6 rings (SSSR count). The summed E-state index contributed by atoms with van der Waals surface area (Å²) in [5, 5.41) is 3.44. The number of nitrogens with zero attached hydrogens (tertiary/aromatic N) is 6. The van der Waals surface area contributed by atoms with Crippen molar-refractivity contribution < 1.29 is 18.3 Å². The fourth-order valence-electron chi connectivity index (χ4n) is 5.65. The number of imidazole rings is 1. The second-order valence-electron chi connectivity index (χ2n) is 9.98. The number of hydrogen-bond donors (Lipinski definition) is 1. The smallest absolute Gasteiger partial charge is 0.296 e. The lowest BCUT2D eigenvalue weighted by Gasteiger charge is -2.31. The average molecular weight is 514 g/mol. The zero-order valence-corrected chi connectivity index (χ0v) is 20.9. The van der Waals surface area contributed by atoms with Crippen LogP contribution in [0.15, 0.2) is 30.3 Å². The molecule has 1 atom stereocenters. The highest BCUT2D eigenvalue weighted by molar-refractivity contribution is 5.78. The summed E-state index contributed by atoms with van der Waals surface area (Å²) in [6.07, 6.45) is 0.571. The lowest BCUT2D eigenvalue weighted by molar-refractivity contribution is 0.0413. The molecule has 3 aromatic rings. The number of likely N-dealkylation sites (tertiary alicyclic amines) is 1. The minimum atomic E-state index is -2.74. The lowest BCUT2D eigenvalue weighted by atomic mass is 10.1. The van der Waals surface area contributed by atoms with Crippen LogP contribution in [0.25, 0.3) is 16.9 Å². The van der Waals surface area contributed by atoms with Gasteiger partial charge in [-0.3, -0.25) is 9.47 Å². The standard InChI is InChI=1S/C26H33F2N7O2/c27-24(28)25-30-20-3-1-2-4-21(20)35(25)23-15-22(33-9-13-37-14-10-33)31-26(32-23)29-16-18-5-8-34(17-18)19-6-11-36-12-7-19/h1-4,15,18-19,24H,5-14,16-17H2,(H,29,31,32). The Kier molecular flexibility index (Phi) is 7.16. The van der Waals surface area contributed by atoms with Gasteiger partial charge in [0.15, 0.2) is 5.82 Å². The fourth-order valence-corrected chi connectivity index (χ4v) is 5.65. The van der Waals surface area contributed by atoms with E-state index in [0.29, 0.717) is 66.9 Å². The van der Waals surface area contributed by atoms with Gasteiger partial charge in [-0.1, -0.05) is 12.1 Å². The Morgan fingerprint density at radius 3 is 2.49 bits per heavy atom. The van der Waals surface area contributed by atoms with Gasteiger partial charge in [0.05, 0.1) is 24.2 Å². The summed E-state index contributed by atoms with van der Waals surface area (Å²) >= 11 is 0. The summed E-state index contributed by atoms with van der Waals surface area (Å²) < 4.78 is 40.6. The number of benzene rings is 1. The number of nitrogens with one attached hydrogen (secondary N) is 1. The number of alkyl halides is 2. The zero-order chi connectivity index (χ0) is 25.2. The number of para-hydroxylation sites is 2. The van der Waals surface area contributed by atoms with Crippen LogP contribution in [-0.4, -0.2) is 89.6 Å². The van der Waals surface area contributed by atoms with Crippen LogP contribution in [0.4, 0.5) is 20.5 Å². The molecule has 1 N–H and O–H groups in total. The SMILES string of the molecule is FC(F)c1nc2ccccc2n1-c1cc(N2CCOCC2)nc(NCC2CCN(C3CCOCC3)C2)n1. The fraction of sp³-hybridized carbons (Fsp3) is 0.577. The van der Waals surface area contributed by atoms with Gasteiger partial charge in [-0.15, -0.1) is 0 Å². The second-order valence-corrected chi connectivity index (χ2v) is 9.98. The Morgan fingerprint density at radius 2 is 1.68 bits per heavy atom. The molecule has 0 aliphatic carbocycles. The van der Waals surface area contributed by atoms with Gasteiger partial charge in [0.1, 0.15) is 11.6 Å². The van der Waals surface area contributed by atoms with Crippen molar-refractivity contribution in [3.63, 3.8) is 0 Å². The molecule has 3 aliphatic heterocycles. The van der Waals surface area contributed by atoms with E-state index in [9.17, 15) is 8.78 Å². The van der Waals surface area contributed by atoms with Crippen LogP contribution in [0.2, 0.25) is 0 Å². The van der Waals surface area contributed by atoms with Crippen molar-refractivity contribution in [2.45, 2.75) is 31.7 Å². The van der Waals surface area contributed by atoms with Crippen LogP contribution >= 0.6 is 0 Å². The minimum absolute atomic E-state index is 0.318. The molecule has 0 bridgehead atoms. The van der Waals surface area contributed by atoms with E-state index in [-0.39, 0.29) is 5.82 Å². The van der Waals surface area contributed by atoms with Gasteiger partial charge in [0.25, 0.3) is 6.43 Å². The molecule has 3 aliphatic rings. The van der Waals surface area contributed by atoms with Gasteiger partial charge in [0, 0.05) is 51.5 Å². The van der Waals surface area contributed by atoms with E-state index in [4.69, 9.17) is 19.4 Å². The molecule has 0 amide bonds. The summed E-state index contributed by atoms with van der Waals surface area (Å²) in [4.78, 5) is 18.4. The van der Waals surface area contributed by atoms with E-state index < -0.39 is 6.43 Å². The first kappa shape index (κ1) is 24.4. The summed E-state index contributed by atoms with van der Waals surface area (Å²) in [5.74, 6) is 1.69.